The van der Waals surface area contributed by atoms with Crippen LogP contribution in [0.4, 0.5) is 4.79 Å². The number of rotatable bonds is 6. The maximum atomic E-state index is 12.4. The van der Waals surface area contributed by atoms with Crippen LogP contribution in [-0.2, 0) is 9.47 Å². The molecule has 5 heteroatoms. The van der Waals surface area contributed by atoms with E-state index in [-0.39, 0.29) is 30.8 Å². The minimum Gasteiger partial charge on any atom is -0.449 e. The molecule has 0 radical (unpaired) electrons. The molecule has 0 aromatic heterocycles. The number of nitrogens with one attached hydrogen (secondary N) is 1. The van der Waals surface area contributed by atoms with Crippen molar-refractivity contribution in [2.75, 3.05) is 13.2 Å². The van der Waals surface area contributed by atoms with Crippen LogP contribution in [0.1, 0.15) is 44.7 Å². The van der Waals surface area contributed by atoms with Crippen LogP contribution in [0.25, 0.3) is 11.1 Å². The third-order valence-corrected chi connectivity index (χ3v) is 4.95. The number of hydrogen-bond donors (Lipinski definition) is 2. The number of carbonyl (C=O) groups is 1. The van der Waals surface area contributed by atoms with Crippen molar-refractivity contribution in [1.29, 1.82) is 0 Å². The molecule has 1 aliphatic carbocycles. The van der Waals surface area contributed by atoms with E-state index >= 15 is 0 Å². The van der Waals surface area contributed by atoms with Gasteiger partial charge in [0, 0.05) is 5.92 Å². The molecule has 0 saturated carbocycles. The van der Waals surface area contributed by atoms with Crippen molar-refractivity contribution in [2.45, 2.75) is 51.4 Å². The van der Waals surface area contributed by atoms with Gasteiger partial charge in [0.15, 0.2) is 0 Å². The van der Waals surface area contributed by atoms with E-state index in [2.05, 4.69) is 29.6 Å². The fourth-order valence-corrected chi connectivity index (χ4v) is 3.74. The first-order valence-electron chi connectivity index (χ1n) is 9.70. The minimum atomic E-state index is -0.551. The van der Waals surface area contributed by atoms with Crippen LogP contribution >= 0.6 is 0 Å². The van der Waals surface area contributed by atoms with E-state index in [1.807, 2.05) is 52.0 Å². The summed E-state index contributed by atoms with van der Waals surface area (Å²) in [4.78, 5) is 12.4. The molecular weight excluding hydrogens is 354 g/mol. The Morgan fingerprint density at radius 3 is 2.11 bits per heavy atom. The molecule has 5 nitrogen and oxygen atoms in total. The predicted molar refractivity (Wildman–Crippen MR) is 109 cm³/mol. The summed E-state index contributed by atoms with van der Waals surface area (Å²) in [5.41, 5.74) is 4.34. The fraction of sp³-hybridized carbons (Fsp3) is 0.435. The van der Waals surface area contributed by atoms with Gasteiger partial charge in [-0.25, -0.2) is 4.79 Å². The first kappa shape index (κ1) is 20.4. The SMILES string of the molecule is CC(OC(C)(C)C)C(CO)NC(=O)OCC1c2ccccc2-c2ccccc21. The highest BCUT2D eigenvalue weighted by molar-refractivity contribution is 5.79. The number of amides is 1. The molecule has 0 heterocycles. The van der Waals surface area contributed by atoms with Crippen molar-refractivity contribution in [3.05, 3.63) is 59.7 Å². The van der Waals surface area contributed by atoms with Crippen LogP contribution in [0.5, 0.6) is 0 Å². The van der Waals surface area contributed by atoms with Crippen LogP contribution in [-0.4, -0.2) is 42.2 Å². The van der Waals surface area contributed by atoms with E-state index in [9.17, 15) is 9.90 Å². The zero-order valence-corrected chi connectivity index (χ0v) is 16.9. The lowest BCUT2D eigenvalue weighted by atomic mass is 9.98. The molecule has 1 aliphatic rings. The van der Waals surface area contributed by atoms with Crippen LogP contribution in [0.2, 0.25) is 0 Å². The molecule has 3 rings (SSSR count). The average Bonchev–Trinajstić information content (AvgIpc) is 2.97. The molecule has 2 unspecified atom stereocenters. The van der Waals surface area contributed by atoms with Crippen molar-refractivity contribution in [3.63, 3.8) is 0 Å². The molecule has 0 fully saturated rings. The van der Waals surface area contributed by atoms with Crippen molar-refractivity contribution in [1.82, 2.24) is 5.32 Å². The van der Waals surface area contributed by atoms with Crippen molar-refractivity contribution >= 4 is 6.09 Å². The van der Waals surface area contributed by atoms with Crippen LogP contribution in [0, 0.1) is 0 Å². The van der Waals surface area contributed by atoms with E-state index in [0.29, 0.717) is 0 Å². The van der Waals surface area contributed by atoms with Gasteiger partial charge in [-0.3, -0.25) is 0 Å². The summed E-state index contributed by atoms with van der Waals surface area (Å²) in [7, 11) is 0. The fourth-order valence-electron chi connectivity index (χ4n) is 3.74. The maximum Gasteiger partial charge on any atom is 0.407 e. The van der Waals surface area contributed by atoms with Crippen LogP contribution in [0.3, 0.4) is 0 Å². The van der Waals surface area contributed by atoms with E-state index < -0.39 is 12.1 Å². The van der Waals surface area contributed by atoms with Gasteiger partial charge >= 0.3 is 6.09 Å². The summed E-state index contributed by atoms with van der Waals surface area (Å²) in [5.74, 6) is 0.00831. The van der Waals surface area contributed by atoms with Crippen molar-refractivity contribution in [3.8, 4) is 11.1 Å². The van der Waals surface area contributed by atoms with E-state index in [0.717, 1.165) is 0 Å². The molecule has 0 spiro atoms. The lowest BCUT2D eigenvalue weighted by Crippen LogP contribution is -2.48. The van der Waals surface area contributed by atoms with Gasteiger partial charge in [0.05, 0.1) is 24.4 Å². The van der Waals surface area contributed by atoms with Gasteiger partial charge < -0.3 is 19.9 Å². The summed E-state index contributed by atoms with van der Waals surface area (Å²) in [6.45, 7) is 7.66. The number of aliphatic hydroxyl groups is 1. The average molecular weight is 383 g/mol. The van der Waals surface area contributed by atoms with Gasteiger partial charge in [-0.05, 0) is 49.9 Å². The van der Waals surface area contributed by atoms with Crippen molar-refractivity contribution in [2.24, 2.45) is 0 Å². The third kappa shape index (κ3) is 4.54. The quantitative estimate of drug-likeness (QED) is 0.788. The number of alkyl carbamates (subject to hydrolysis) is 1. The Bertz CT molecular complexity index is 782. The first-order valence-corrected chi connectivity index (χ1v) is 9.70. The number of hydrogen-bond acceptors (Lipinski definition) is 4. The van der Waals surface area contributed by atoms with Gasteiger partial charge in [0.1, 0.15) is 6.61 Å². The van der Waals surface area contributed by atoms with E-state index in [1.54, 1.807) is 0 Å². The predicted octanol–water partition coefficient (Wildman–Crippen LogP) is 4.09. The summed E-state index contributed by atoms with van der Waals surface area (Å²) >= 11 is 0. The molecule has 2 N–H and O–H groups in total. The highest BCUT2D eigenvalue weighted by atomic mass is 16.6. The molecule has 0 aliphatic heterocycles. The van der Waals surface area contributed by atoms with E-state index in [1.165, 1.54) is 22.3 Å². The Kier molecular flexibility index (Phi) is 6.06. The Morgan fingerprint density at radius 1 is 1.07 bits per heavy atom. The van der Waals surface area contributed by atoms with Gasteiger partial charge in [-0.1, -0.05) is 48.5 Å². The summed E-state index contributed by atoms with van der Waals surface area (Å²) in [6.07, 6.45) is -0.893. The molecule has 150 valence electrons. The van der Waals surface area contributed by atoms with E-state index in [4.69, 9.17) is 9.47 Å². The Balaban J connectivity index is 1.65. The third-order valence-electron chi connectivity index (χ3n) is 4.95. The highest BCUT2D eigenvalue weighted by Crippen LogP contribution is 2.44. The second-order valence-corrected chi connectivity index (χ2v) is 8.19. The molecule has 0 saturated heterocycles. The summed E-state index contributed by atoms with van der Waals surface area (Å²) in [5, 5.41) is 12.4. The largest absolute Gasteiger partial charge is 0.449 e. The molecule has 2 aromatic rings. The number of fused-ring (bicyclic) bond motifs is 3. The minimum absolute atomic E-state index is 0.00831. The Morgan fingerprint density at radius 2 is 1.61 bits per heavy atom. The Labute approximate surface area is 166 Å². The molecule has 28 heavy (non-hydrogen) atoms. The van der Waals surface area contributed by atoms with Gasteiger partial charge in [0.2, 0.25) is 0 Å². The summed E-state index contributed by atoms with van der Waals surface area (Å²) < 4.78 is 11.4. The molecule has 2 atom stereocenters. The first-order chi connectivity index (χ1) is 13.3. The lowest BCUT2D eigenvalue weighted by molar-refractivity contribution is -0.0721. The summed E-state index contributed by atoms with van der Waals surface area (Å²) in [6, 6.07) is 15.9. The molecule has 1 amide bonds. The van der Waals surface area contributed by atoms with Gasteiger partial charge in [-0.2, -0.15) is 0 Å². The number of benzene rings is 2. The maximum absolute atomic E-state index is 12.4. The normalized spacial score (nSPS) is 15.5. The number of carbonyl (C=O) groups excluding carboxylic acids is 1. The van der Waals surface area contributed by atoms with Gasteiger partial charge in [0.25, 0.3) is 0 Å². The second-order valence-electron chi connectivity index (χ2n) is 8.19. The number of ether oxygens (including phenoxy) is 2. The smallest absolute Gasteiger partial charge is 0.407 e. The lowest BCUT2D eigenvalue weighted by Gasteiger charge is -2.30. The highest BCUT2D eigenvalue weighted by Gasteiger charge is 2.30. The second kappa shape index (κ2) is 8.33. The zero-order valence-electron chi connectivity index (χ0n) is 16.9. The Hall–Kier alpha value is -2.37. The van der Waals surface area contributed by atoms with Crippen LogP contribution in [0.15, 0.2) is 48.5 Å². The molecular formula is C23H29NO4. The molecule has 2 aromatic carbocycles. The monoisotopic (exact) mass is 383 g/mol. The molecule has 0 bridgehead atoms. The standard InChI is InChI=1S/C23H29NO4/c1-15(28-23(2,3)4)21(13-25)24-22(26)27-14-20-18-11-7-5-9-16(18)17-10-6-8-12-19(17)20/h5-12,15,20-21,25H,13-14H2,1-4H3,(H,24,26). The van der Waals surface area contributed by atoms with Gasteiger partial charge in [-0.15, -0.1) is 0 Å². The number of aliphatic hydroxyl groups excluding tert-OH is 1. The zero-order chi connectivity index (χ0) is 20.3. The van der Waals surface area contributed by atoms with Crippen molar-refractivity contribution < 1.29 is 19.4 Å². The van der Waals surface area contributed by atoms with Crippen LogP contribution < -0.4 is 5.32 Å². The topological polar surface area (TPSA) is 67.8 Å².